The molecule has 4 nitrogen and oxygen atoms in total. The van der Waals surface area contributed by atoms with Crippen LogP contribution in [0.3, 0.4) is 0 Å². The number of halogens is 1. The van der Waals surface area contributed by atoms with E-state index in [4.69, 9.17) is 0 Å². The summed E-state index contributed by atoms with van der Waals surface area (Å²) in [5, 5.41) is 7.58. The topological polar surface area (TPSA) is 42.7 Å². The molecule has 0 saturated carbocycles. The number of pyridine rings is 1. The van der Waals surface area contributed by atoms with Gasteiger partial charge in [-0.1, -0.05) is 6.07 Å². The zero-order valence-corrected chi connectivity index (χ0v) is 10.8. The Balaban J connectivity index is 2.05. The SMILES string of the molecule is Cc1nn(C)cc1NCc1cccc(Br)n1. The lowest BCUT2D eigenvalue weighted by Crippen LogP contribution is -2.01. The van der Waals surface area contributed by atoms with Crippen LogP contribution in [0.25, 0.3) is 0 Å². The van der Waals surface area contributed by atoms with Gasteiger partial charge in [-0.25, -0.2) is 4.98 Å². The highest BCUT2D eigenvalue weighted by molar-refractivity contribution is 9.10. The summed E-state index contributed by atoms with van der Waals surface area (Å²) in [5.74, 6) is 0. The summed E-state index contributed by atoms with van der Waals surface area (Å²) >= 11 is 3.35. The standard InChI is InChI=1S/C11H13BrN4/c1-8-10(7-16(2)15-8)13-6-9-4-3-5-11(12)14-9/h3-5,7,13H,6H2,1-2H3. The summed E-state index contributed by atoms with van der Waals surface area (Å²) < 4.78 is 2.65. The van der Waals surface area contributed by atoms with Crippen molar-refractivity contribution in [2.75, 3.05) is 5.32 Å². The van der Waals surface area contributed by atoms with Crippen LogP contribution < -0.4 is 5.32 Å². The molecule has 0 spiro atoms. The molecule has 0 aliphatic carbocycles. The van der Waals surface area contributed by atoms with Crippen LogP contribution in [0.5, 0.6) is 0 Å². The van der Waals surface area contributed by atoms with Crippen molar-refractivity contribution in [1.29, 1.82) is 0 Å². The Labute approximate surface area is 103 Å². The van der Waals surface area contributed by atoms with E-state index >= 15 is 0 Å². The van der Waals surface area contributed by atoms with Gasteiger partial charge in [0.15, 0.2) is 0 Å². The number of aryl methyl sites for hydroxylation is 2. The number of nitrogens with one attached hydrogen (secondary N) is 1. The van der Waals surface area contributed by atoms with Crippen molar-refractivity contribution in [2.45, 2.75) is 13.5 Å². The minimum absolute atomic E-state index is 0.700. The van der Waals surface area contributed by atoms with Crippen LogP contribution in [0.4, 0.5) is 5.69 Å². The third-order valence-corrected chi connectivity index (χ3v) is 2.69. The monoisotopic (exact) mass is 280 g/mol. The van der Waals surface area contributed by atoms with E-state index in [-0.39, 0.29) is 0 Å². The van der Waals surface area contributed by atoms with Crippen LogP contribution >= 0.6 is 15.9 Å². The quantitative estimate of drug-likeness (QED) is 0.879. The Bertz CT molecular complexity index is 492. The average molecular weight is 281 g/mol. The second-order valence-corrected chi connectivity index (χ2v) is 4.42. The number of nitrogens with zero attached hydrogens (tertiary/aromatic N) is 3. The molecule has 0 amide bonds. The minimum Gasteiger partial charge on any atom is -0.377 e. The number of hydrogen-bond acceptors (Lipinski definition) is 3. The Morgan fingerprint density at radius 2 is 2.25 bits per heavy atom. The van der Waals surface area contributed by atoms with E-state index in [2.05, 4.69) is 31.3 Å². The lowest BCUT2D eigenvalue weighted by molar-refractivity contribution is 0.756. The smallest absolute Gasteiger partial charge is 0.106 e. The summed E-state index contributed by atoms with van der Waals surface area (Å²) in [5.41, 5.74) is 3.04. The highest BCUT2D eigenvalue weighted by atomic mass is 79.9. The molecule has 0 atom stereocenters. The van der Waals surface area contributed by atoms with E-state index in [9.17, 15) is 0 Å². The fraction of sp³-hybridized carbons (Fsp3) is 0.273. The predicted octanol–water partition coefficient (Wildman–Crippen LogP) is 2.50. The first-order valence-electron chi connectivity index (χ1n) is 5.01. The van der Waals surface area contributed by atoms with Crippen LogP contribution in [0, 0.1) is 6.92 Å². The second-order valence-electron chi connectivity index (χ2n) is 3.61. The molecule has 2 rings (SSSR count). The Morgan fingerprint density at radius 3 is 2.88 bits per heavy atom. The Kier molecular flexibility index (Phi) is 3.24. The van der Waals surface area contributed by atoms with E-state index in [1.54, 1.807) is 4.68 Å². The van der Waals surface area contributed by atoms with Gasteiger partial charge in [0.2, 0.25) is 0 Å². The van der Waals surface area contributed by atoms with Gasteiger partial charge in [0.1, 0.15) is 4.60 Å². The lowest BCUT2D eigenvalue weighted by Gasteiger charge is -2.04. The summed E-state index contributed by atoms with van der Waals surface area (Å²) in [7, 11) is 1.91. The van der Waals surface area contributed by atoms with Gasteiger partial charge in [-0.15, -0.1) is 0 Å². The molecule has 0 unspecified atom stereocenters. The van der Waals surface area contributed by atoms with Gasteiger partial charge in [0.05, 0.1) is 23.6 Å². The zero-order valence-electron chi connectivity index (χ0n) is 9.24. The molecule has 0 fully saturated rings. The molecule has 5 heteroatoms. The highest BCUT2D eigenvalue weighted by Crippen LogP contribution is 2.13. The third-order valence-electron chi connectivity index (χ3n) is 2.25. The second kappa shape index (κ2) is 4.65. The molecule has 0 aliphatic rings. The van der Waals surface area contributed by atoms with Crippen molar-refractivity contribution < 1.29 is 0 Å². The first kappa shape index (κ1) is 11.1. The highest BCUT2D eigenvalue weighted by Gasteiger charge is 2.02. The molecular weight excluding hydrogens is 268 g/mol. The first-order valence-corrected chi connectivity index (χ1v) is 5.80. The molecule has 2 heterocycles. The van der Waals surface area contributed by atoms with Crippen LogP contribution in [-0.4, -0.2) is 14.8 Å². The van der Waals surface area contributed by atoms with Gasteiger partial charge in [0.25, 0.3) is 0 Å². The summed E-state index contributed by atoms with van der Waals surface area (Å²) in [6, 6.07) is 5.88. The molecule has 2 aromatic rings. The van der Waals surface area contributed by atoms with Crippen molar-refractivity contribution in [3.05, 3.63) is 40.4 Å². The van der Waals surface area contributed by atoms with Gasteiger partial charge in [-0.3, -0.25) is 4.68 Å². The Morgan fingerprint density at radius 1 is 1.44 bits per heavy atom. The van der Waals surface area contributed by atoms with Gasteiger partial charge >= 0.3 is 0 Å². The molecule has 0 radical (unpaired) electrons. The fourth-order valence-corrected chi connectivity index (χ4v) is 1.89. The van der Waals surface area contributed by atoms with Crippen molar-refractivity contribution in [2.24, 2.45) is 7.05 Å². The van der Waals surface area contributed by atoms with Crippen LogP contribution in [0.2, 0.25) is 0 Å². The summed E-state index contributed by atoms with van der Waals surface area (Å²) in [4.78, 5) is 4.35. The molecule has 1 N–H and O–H groups in total. The van der Waals surface area contributed by atoms with Crippen LogP contribution in [0.15, 0.2) is 29.0 Å². The van der Waals surface area contributed by atoms with Gasteiger partial charge in [-0.05, 0) is 35.0 Å². The maximum Gasteiger partial charge on any atom is 0.106 e. The summed E-state index contributed by atoms with van der Waals surface area (Å²) in [6.07, 6.45) is 1.97. The van der Waals surface area contributed by atoms with Crippen LogP contribution in [-0.2, 0) is 13.6 Å². The summed E-state index contributed by atoms with van der Waals surface area (Å²) in [6.45, 7) is 2.68. The van der Waals surface area contributed by atoms with Gasteiger partial charge in [0, 0.05) is 13.2 Å². The molecule has 16 heavy (non-hydrogen) atoms. The molecule has 0 aromatic carbocycles. The van der Waals surface area contributed by atoms with E-state index < -0.39 is 0 Å². The Hall–Kier alpha value is -1.36. The largest absolute Gasteiger partial charge is 0.377 e. The molecule has 0 aliphatic heterocycles. The molecular formula is C11H13BrN4. The van der Waals surface area contributed by atoms with E-state index in [1.807, 2.05) is 38.4 Å². The number of anilines is 1. The minimum atomic E-state index is 0.700. The van der Waals surface area contributed by atoms with Crippen LogP contribution in [0.1, 0.15) is 11.4 Å². The fourth-order valence-electron chi connectivity index (χ4n) is 1.51. The number of hydrogen-bond donors (Lipinski definition) is 1. The number of aromatic nitrogens is 3. The number of rotatable bonds is 3. The molecule has 2 aromatic heterocycles. The maximum atomic E-state index is 4.35. The van der Waals surface area contributed by atoms with Crippen molar-refractivity contribution in [3.8, 4) is 0 Å². The predicted molar refractivity (Wildman–Crippen MR) is 67.2 cm³/mol. The van der Waals surface area contributed by atoms with E-state index in [0.717, 1.165) is 21.7 Å². The third kappa shape index (κ3) is 2.61. The van der Waals surface area contributed by atoms with Gasteiger partial charge < -0.3 is 5.32 Å². The van der Waals surface area contributed by atoms with E-state index in [0.29, 0.717) is 6.54 Å². The van der Waals surface area contributed by atoms with E-state index in [1.165, 1.54) is 0 Å². The lowest BCUT2D eigenvalue weighted by atomic mass is 10.3. The normalized spacial score (nSPS) is 10.4. The average Bonchev–Trinajstić information content (AvgIpc) is 2.54. The molecule has 0 bridgehead atoms. The molecule has 0 saturated heterocycles. The zero-order chi connectivity index (χ0) is 11.5. The molecule has 84 valence electrons. The maximum absolute atomic E-state index is 4.35. The van der Waals surface area contributed by atoms with Gasteiger partial charge in [-0.2, -0.15) is 5.10 Å². The van der Waals surface area contributed by atoms with Crippen molar-refractivity contribution in [3.63, 3.8) is 0 Å². The van der Waals surface area contributed by atoms with Crippen molar-refractivity contribution >= 4 is 21.6 Å². The first-order chi connectivity index (χ1) is 7.65. The van der Waals surface area contributed by atoms with Crippen molar-refractivity contribution in [1.82, 2.24) is 14.8 Å².